The molecular weight excluding hydrogens is 323 g/mol. The first-order valence-corrected chi connectivity index (χ1v) is 9.02. The van der Waals surface area contributed by atoms with Gasteiger partial charge in [0.15, 0.2) is 5.17 Å². The Morgan fingerprint density at radius 3 is 2.46 bits per heavy atom. The maximum atomic E-state index is 12.8. The second-order valence-corrected chi connectivity index (χ2v) is 6.62. The number of aliphatic imine (C=N–C) groups is 1. The molecule has 2 aromatic carbocycles. The second kappa shape index (κ2) is 9.33. The van der Waals surface area contributed by atoms with Gasteiger partial charge in [-0.25, -0.2) is 9.38 Å². The van der Waals surface area contributed by atoms with Gasteiger partial charge in [-0.2, -0.15) is 0 Å². The minimum atomic E-state index is -0.271. The van der Waals surface area contributed by atoms with Crippen LogP contribution in [0.15, 0.2) is 53.5 Å². The standard InChI is InChI=1S/C19H23FN2OS/c1-3-14(2)15-4-8-17(9-5-15)22-19(21)24-13-12-23-18-10-6-16(20)7-11-18/h4-11,14H,3,12-13H2,1-2H3,(H2,21,22)/t14-/m1/s1. The summed E-state index contributed by atoms with van der Waals surface area (Å²) >= 11 is 1.44. The van der Waals surface area contributed by atoms with Gasteiger partial charge in [0.05, 0.1) is 12.3 Å². The van der Waals surface area contributed by atoms with Crippen LogP contribution in [0, 0.1) is 5.82 Å². The number of amidine groups is 1. The van der Waals surface area contributed by atoms with E-state index in [1.54, 1.807) is 12.1 Å². The Labute approximate surface area is 147 Å². The van der Waals surface area contributed by atoms with E-state index in [1.165, 1.54) is 29.5 Å². The lowest BCUT2D eigenvalue weighted by atomic mass is 9.99. The zero-order valence-corrected chi connectivity index (χ0v) is 14.9. The van der Waals surface area contributed by atoms with Crippen molar-refractivity contribution in [2.75, 3.05) is 12.4 Å². The molecule has 0 aliphatic rings. The SMILES string of the molecule is CC[C@@H](C)c1ccc(N=C(N)SCCOc2ccc(F)cc2)cc1. The third-order valence-electron chi connectivity index (χ3n) is 3.73. The molecule has 1 atom stereocenters. The molecule has 0 radical (unpaired) electrons. The molecule has 128 valence electrons. The highest BCUT2D eigenvalue weighted by molar-refractivity contribution is 8.13. The van der Waals surface area contributed by atoms with E-state index in [4.69, 9.17) is 10.5 Å². The van der Waals surface area contributed by atoms with Crippen LogP contribution in [0.25, 0.3) is 0 Å². The third-order valence-corrected chi connectivity index (χ3v) is 4.49. The average molecular weight is 346 g/mol. The van der Waals surface area contributed by atoms with Gasteiger partial charge in [-0.05, 0) is 54.3 Å². The summed E-state index contributed by atoms with van der Waals surface area (Å²) in [6.07, 6.45) is 1.12. The van der Waals surface area contributed by atoms with Crippen LogP contribution in [0.3, 0.4) is 0 Å². The van der Waals surface area contributed by atoms with Crippen molar-refractivity contribution in [3.8, 4) is 5.75 Å². The molecule has 0 saturated carbocycles. The number of hydrogen-bond acceptors (Lipinski definition) is 3. The maximum absolute atomic E-state index is 12.8. The maximum Gasteiger partial charge on any atom is 0.159 e. The monoisotopic (exact) mass is 346 g/mol. The van der Waals surface area contributed by atoms with Crippen LogP contribution >= 0.6 is 11.8 Å². The van der Waals surface area contributed by atoms with Crippen LogP contribution in [0.5, 0.6) is 5.75 Å². The van der Waals surface area contributed by atoms with Gasteiger partial charge >= 0.3 is 0 Å². The molecule has 0 aromatic heterocycles. The predicted molar refractivity (Wildman–Crippen MR) is 101 cm³/mol. The summed E-state index contributed by atoms with van der Waals surface area (Å²) in [5.41, 5.74) is 8.11. The molecule has 2 N–H and O–H groups in total. The molecule has 24 heavy (non-hydrogen) atoms. The highest BCUT2D eigenvalue weighted by Gasteiger charge is 2.03. The number of halogens is 1. The third kappa shape index (κ3) is 5.89. The zero-order chi connectivity index (χ0) is 17.4. The largest absolute Gasteiger partial charge is 0.493 e. The number of nitrogens with two attached hydrogens (primary N) is 1. The summed E-state index contributed by atoms with van der Waals surface area (Å²) in [6.45, 7) is 4.88. The molecule has 0 bridgehead atoms. The van der Waals surface area contributed by atoms with Gasteiger partial charge in [0.1, 0.15) is 11.6 Å². The van der Waals surface area contributed by atoms with Gasteiger partial charge in [0.25, 0.3) is 0 Å². The summed E-state index contributed by atoms with van der Waals surface area (Å²) in [6, 6.07) is 14.1. The molecule has 0 fully saturated rings. The van der Waals surface area contributed by atoms with Crippen LogP contribution in [0.2, 0.25) is 0 Å². The van der Waals surface area contributed by atoms with E-state index in [9.17, 15) is 4.39 Å². The fourth-order valence-electron chi connectivity index (χ4n) is 2.11. The van der Waals surface area contributed by atoms with Crippen molar-refractivity contribution in [2.24, 2.45) is 10.7 Å². The Balaban J connectivity index is 1.78. The molecule has 3 nitrogen and oxygen atoms in total. The normalized spacial score (nSPS) is 12.9. The molecule has 0 heterocycles. The van der Waals surface area contributed by atoms with Crippen molar-refractivity contribution in [2.45, 2.75) is 26.2 Å². The van der Waals surface area contributed by atoms with Crippen LogP contribution < -0.4 is 10.5 Å². The quantitative estimate of drug-likeness (QED) is 0.431. The molecule has 2 aromatic rings. The second-order valence-electron chi connectivity index (χ2n) is 5.50. The number of hydrogen-bond donors (Lipinski definition) is 1. The van der Waals surface area contributed by atoms with Crippen molar-refractivity contribution < 1.29 is 9.13 Å². The summed E-state index contributed by atoms with van der Waals surface area (Å²) in [7, 11) is 0. The Bertz CT molecular complexity index is 656. The van der Waals surface area contributed by atoms with E-state index < -0.39 is 0 Å². The Hall–Kier alpha value is -2.01. The smallest absolute Gasteiger partial charge is 0.159 e. The molecule has 0 spiro atoms. The average Bonchev–Trinajstić information content (AvgIpc) is 2.60. The van der Waals surface area contributed by atoms with Gasteiger partial charge in [-0.3, -0.25) is 0 Å². The summed E-state index contributed by atoms with van der Waals surface area (Å²) in [5.74, 6) is 1.61. The highest BCUT2D eigenvalue weighted by Crippen LogP contribution is 2.22. The van der Waals surface area contributed by atoms with E-state index in [0.29, 0.717) is 29.2 Å². The lowest BCUT2D eigenvalue weighted by Gasteiger charge is -2.08. The summed E-state index contributed by atoms with van der Waals surface area (Å²) < 4.78 is 18.3. The Morgan fingerprint density at radius 1 is 1.17 bits per heavy atom. The van der Waals surface area contributed by atoms with Crippen LogP contribution in [0.4, 0.5) is 10.1 Å². The van der Waals surface area contributed by atoms with Crippen molar-refractivity contribution in [1.29, 1.82) is 0 Å². The highest BCUT2D eigenvalue weighted by atomic mass is 32.2. The minimum Gasteiger partial charge on any atom is -0.493 e. The van der Waals surface area contributed by atoms with Gasteiger partial charge in [-0.15, -0.1) is 0 Å². The molecule has 5 heteroatoms. The summed E-state index contributed by atoms with van der Waals surface area (Å²) in [4.78, 5) is 4.39. The molecule has 0 saturated heterocycles. The molecule has 0 aliphatic carbocycles. The topological polar surface area (TPSA) is 47.6 Å². The number of thioether (sulfide) groups is 1. The lowest BCUT2D eigenvalue weighted by molar-refractivity contribution is 0.343. The van der Waals surface area contributed by atoms with Gasteiger partial charge < -0.3 is 10.5 Å². The first-order valence-electron chi connectivity index (χ1n) is 8.03. The first-order chi connectivity index (χ1) is 11.6. The van der Waals surface area contributed by atoms with Gasteiger partial charge in [0, 0.05) is 5.75 Å². The Kier molecular flexibility index (Phi) is 7.12. The van der Waals surface area contributed by atoms with Gasteiger partial charge in [0.2, 0.25) is 0 Å². The fraction of sp³-hybridized carbons (Fsp3) is 0.316. The number of benzene rings is 2. The van der Waals surface area contributed by atoms with Crippen LogP contribution in [0.1, 0.15) is 31.7 Å². The van der Waals surface area contributed by atoms with Crippen molar-refractivity contribution in [1.82, 2.24) is 0 Å². The van der Waals surface area contributed by atoms with Crippen molar-refractivity contribution in [3.05, 3.63) is 59.9 Å². The lowest BCUT2D eigenvalue weighted by Crippen LogP contribution is -2.10. The summed E-state index contributed by atoms with van der Waals surface area (Å²) in [5, 5.41) is 0.508. The molecule has 0 unspecified atom stereocenters. The predicted octanol–water partition coefficient (Wildman–Crippen LogP) is 5.10. The zero-order valence-electron chi connectivity index (χ0n) is 14.0. The molecular formula is C19H23FN2OS. The molecule has 0 aliphatic heterocycles. The fourth-order valence-corrected chi connectivity index (χ4v) is 2.65. The van der Waals surface area contributed by atoms with Crippen molar-refractivity contribution in [3.63, 3.8) is 0 Å². The van der Waals surface area contributed by atoms with E-state index in [2.05, 4.69) is 31.0 Å². The van der Waals surface area contributed by atoms with Crippen LogP contribution in [-0.2, 0) is 0 Å². The number of nitrogens with zero attached hydrogens (tertiary/aromatic N) is 1. The number of ether oxygens (including phenoxy) is 1. The molecule has 2 rings (SSSR count). The van der Waals surface area contributed by atoms with E-state index >= 15 is 0 Å². The first kappa shape index (κ1) is 18.3. The number of rotatable bonds is 7. The van der Waals surface area contributed by atoms with Gasteiger partial charge in [-0.1, -0.05) is 37.7 Å². The van der Waals surface area contributed by atoms with E-state index in [-0.39, 0.29) is 5.82 Å². The minimum absolute atomic E-state index is 0.271. The van der Waals surface area contributed by atoms with Crippen molar-refractivity contribution >= 4 is 22.6 Å². The van der Waals surface area contributed by atoms with E-state index in [1.807, 2.05) is 12.1 Å². The molecule has 0 amide bonds. The Morgan fingerprint density at radius 2 is 1.83 bits per heavy atom. The van der Waals surface area contributed by atoms with E-state index in [0.717, 1.165) is 12.1 Å². The van der Waals surface area contributed by atoms with Crippen LogP contribution in [-0.4, -0.2) is 17.5 Å².